The Morgan fingerprint density at radius 2 is 1.03 bits per heavy atom. The summed E-state index contributed by atoms with van der Waals surface area (Å²) in [7, 11) is -2.24. The van der Waals surface area contributed by atoms with Crippen LogP contribution >= 0.6 is 0 Å². The topological polar surface area (TPSA) is 86.7 Å². The van der Waals surface area contributed by atoms with Crippen LogP contribution in [0.2, 0.25) is 0 Å². The highest BCUT2D eigenvalue weighted by atomic mass is 32.2. The normalized spacial score (nSPS) is 20.7. The Kier molecular flexibility index (Phi) is 7.55. The van der Waals surface area contributed by atoms with Crippen molar-refractivity contribution in [2.24, 2.45) is 0 Å². The van der Waals surface area contributed by atoms with Crippen molar-refractivity contribution in [3.05, 3.63) is 59.7 Å². The van der Waals surface area contributed by atoms with Crippen LogP contribution < -0.4 is 0 Å². The van der Waals surface area contributed by atoms with Gasteiger partial charge in [-0.3, -0.25) is 8.42 Å². The van der Waals surface area contributed by atoms with Crippen LogP contribution in [0.1, 0.15) is 46.4 Å². The van der Waals surface area contributed by atoms with Crippen molar-refractivity contribution in [2.75, 3.05) is 12.5 Å². The van der Waals surface area contributed by atoms with Gasteiger partial charge in [0.2, 0.25) is 0 Å². The van der Waals surface area contributed by atoms with Gasteiger partial charge in [0.1, 0.15) is 12.2 Å². The fraction of sp³-hybridized carbons (Fsp3) is 0.364. The van der Waals surface area contributed by atoms with Gasteiger partial charge >= 0.3 is 11.9 Å². The highest BCUT2D eigenvalue weighted by molar-refractivity contribution is 7.84. The Balaban J connectivity index is 1.65. The summed E-state index contributed by atoms with van der Waals surface area (Å²) in [6, 6.07) is 12.9. The largest absolute Gasteiger partial charge is 0.455 e. The highest BCUT2D eigenvalue weighted by Gasteiger charge is 2.32. The minimum Gasteiger partial charge on any atom is -0.455 e. The third kappa shape index (κ3) is 5.64. The monoisotopic (exact) mass is 448 g/mol. The summed E-state index contributed by atoms with van der Waals surface area (Å²) in [6.45, 7) is 0. The molecule has 0 amide bonds. The van der Waals surface area contributed by atoms with E-state index in [0.717, 1.165) is 12.8 Å². The number of carbonyl (C=O) groups excluding carboxylic acids is 2. The third-order valence-electron chi connectivity index (χ3n) is 5.00. The molecular weight excluding hydrogens is 424 g/mol. The van der Waals surface area contributed by atoms with Crippen LogP contribution in [-0.4, -0.2) is 45.1 Å². The van der Waals surface area contributed by atoms with Gasteiger partial charge in [-0.1, -0.05) is 0 Å². The smallest absolute Gasteiger partial charge is 0.338 e. The fourth-order valence-corrected chi connectivity index (χ4v) is 4.35. The quantitative estimate of drug-likeness (QED) is 0.629. The molecule has 1 aliphatic carbocycles. The molecule has 1 saturated carbocycles. The summed E-state index contributed by atoms with van der Waals surface area (Å²) >= 11 is 0. The maximum absolute atomic E-state index is 12.5. The zero-order valence-corrected chi connectivity index (χ0v) is 18.5. The van der Waals surface area contributed by atoms with Crippen LogP contribution in [0.5, 0.6) is 0 Å². The van der Waals surface area contributed by atoms with E-state index in [0.29, 0.717) is 33.8 Å². The summed E-state index contributed by atoms with van der Waals surface area (Å²) in [4.78, 5) is 26.3. The number of rotatable bonds is 6. The molecule has 0 aromatic heterocycles. The predicted octanol–water partition coefficient (Wildman–Crippen LogP) is 3.49. The number of carbonyl (C=O) groups is 2. The first kappa shape index (κ1) is 22.4. The van der Waals surface area contributed by atoms with Crippen LogP contribution in [0.4, 0.5) is 0 Å². The van der Waals surface area contributed by atoms with Crippen molar-refractivity contribution in [1.82, 2.24) is 0 Å². The predicted molar refractivity (Wildman–Crippen MR) is 114 cm³/mol. The van der Waals surface area contributed by atoms with E-state index in [1.807, 2.05) is 0 Å². The number of esters is 2. The first-order valence-corrected chi connectivity index (χ1v) is 12.8. The van der Waals surface area contributed by atoms with E-state index in [-0.39, 0.29) is 0 Å². The Bertz CT molecular complexity index is 873. The van der Waals surface area contributed by atoms with Gasteiger partial charge in [-0.2, -0.15) is 0 Å². The van der Waals surface area contributed by atoms with Gasteiger partial charge in [-0.05, 0) is 74.2 Å². The molecule has 30 heavy (non-hydrogen) atoms. The van der Waals surface area contributed by atoms with Gasteiger partial charge in [-0.25, -0.2) is 9.59 Å². The lowest BCUT2D eigenvalue weighted by Gasteiger charge is -2.30. The third-order valence-corrected chi connectivity index (χ3v) is 6.87. The van der Waals surface area contributed by atoms with Crippen LogP contribution in [0, 0.1) is 0 Å². The average molecular weight is 449 g/mol. The minimum absolute atomic E-state index is 0.364. The number of ether oxygens (including phenoxy) is 2. The van der Waals surface area contributed by atoms with Crippen LogP contribution in [-0.2, 0) is 31.1 Å². The van der Waals surface area contributed by atoms with Gasteiger partial charge in [0, 0.05) is 43.9 Å². The van der Waals surface area contributed by atoms with Crippen LogP contribution in [0.3, 0.4) is 0 Å². The van der Waals surface area contributed by atoms with E-state index in [1.165, 1.54) is 0 Å². The summed E-state index contributed by atoms with van der Waals surface area (Å²) in [5, 5.41) is 0. The molecular formula is C22H24O6S2. The molecule has 160 valence electrons. The molecule has 0 aliphatic heterocycles. The average Bonchev–Trinajstić information content (AvgIpc) is 2.75. The molecule has 4 unspecified atom stereocenters. The van der Waals surface area contributed by atoms with Crippen molar-refractivity contribution in [3.8, 4) is 0 Å². The molecule has 0 spiro atoms. The molecule has 4 atom stereocenters. The summed E-state index contributed by atoms with van der Waals surface area (Å²) < 4.78 is 34.3. The zero-order chi connectivity index (χ0) is 21.7. The second-order valence-electron chi connectivity index (χ2n) is 7.13. The summed E-state index contributed by atoms with van der Waals surface area (Å²) in [5.41, 5.74) is 0.728. The van der Waals surface area contributed by atoms with E-state index < -0.39 is 45.7 Å². The van der Waals surface area contributed by atoms with E-state index in [9.17, 15) is 18.0 Å². The van der Waals surface area contributed by atoms with Gasteiger partial charge in [0.05, 0.1) is 11.1 Å². The van der Waals surface area contributed by atoms with Crippen molar-refractivity contribution in [2.45, 2.75) is 47.7 Å². The first-order valence-electron chi connectivity index (χ1n) is 9.64. The Morgan fingerprint density at radius 1 is 0.700 bits per heavy atom. The van der Waals surface area contributed by atoms with Crippen molar-refractivity contribution < 1.29 is 27.5 Å². The Labute approximate surface area is 180 Å². The Hall–Kier alpha value is -2.32. The second-order valence-corrected chi connectivity index (χ2v) is 9.89. The molecule has 8 heteroatoms. The standard InChI is InChI=1S/C22H24O6S2/c1-29(25)17-11-7-15(8-12-17)21(23)27-19-5-3-4-6-20(19)28-22(24)16-9-13-18(14-10-16)30(2)26/h7-14,19-20H,3-6H2,1-2H3. The molecule has 2 aromatic carbocycles. The SMILES string of the molecule is CS(=O)c1ccc(C(=O)OC2CCCCC2OC(=O)c2ccc(S(C)=O)cc2)cc1. The molecule has 6 nitrogen and oxygen atoms in total. The molecule has 0 radical (unpaired) electrons. The van der Waals surface area contributed by atoms with E-state index >= 15 is 0 Å². The molecule has 3 rings (SSSR count). The minimum atomic E-state index is -1.12. The number of benzene rings is 2. The van der Waals surface area contributed by atoms with Crippen LogP contribution in [0.25, 0.3) is 0 Å². The van der Waals surface area contributed by atoms with Crippen molar-refractivity contribution in [1.29, 1.82) is 0 Å². The molecule has 1 aliphatic rings. The summed E-state index contributed by atoms with van der Waals surface area (Å²) in [5.74, 6) is -0.989. The molecule has 1 fully saturated rings. The van der Waals surface area contributed by atoms with Gasteiger partial charge < -0.3 is 9.47 Å². The van der Waals surface area contributed by atoms with E-state index in [1.54, 1.807) is 61.0 Å². The van der Waals surface area contributed by atoms with Gasteiger partial charge in [-0.15, -0.1) is 0 Å². The lowest BCUT2D eigenvalue weighted by Crippen LogP contribution is -2.37. The molecule has 0 N–H and O–H groups in total. The zero-order valence-electron chi connectivity index (χ0n) is 16.9. The fourth-order valence-electron chi connectivity index (χ4n) is 3.31. The molecule has 2 aromatic rings. The Morgan fingerprint density at radius 3 is 1.33 bits per heavy atom. The lowest BCUT2D eigenvalue weighted by molar-refractivity contribution is -0.0514. The number of hydrogen-bond donors (Lipinski definition) is 0. The van der Waals surface area contributed by atoms with Gasteiger partial charge in [0.15, 0.2) is 0 Å². The maximum Gasteiger partial charge on any atom is 0.338 e. The molecule has 0 heterocycles. The molecule has 0 bridgehead atoms. The van der Waals surface area contributed by atoms with Crippen molar-refractivity contribution in [3.63, 3.8) is 0 Å². The summed E-state index contributed by atoms with van der Waals surface area (Å²) in [6.07, 6.45) is 5.12. The van der Waals surface area contributed by atoms with E-state index in [2.05, 4.69) is 0 Å². The second kappa shape index (κ2) is 10.1. The van der Waals surface area contributed by atoms with Crippen molar-refractivity contribution >= 4 is 33.5 Å². The molecule has 0 saturated heterocycles. The highest BCUT2D eigenvalue weighted by Crippen LogP contribution is 2.26. The number of hydrogen-bond acceptors (Lipinski definition) is 6. The van der Waals surface area contributed by atoms with Gasteiger partial charge in [0.25, 0.3) is 0 Å². The maximum atomic E-state index is 12.5. The van der Waals surface area contributed by atoms with E-state index in [4.69, 9.17) is 9.47 Å². The van der Waals surface area contributed by atoms with Crippen LogP contribution in [0.15, 0.2) is 58.3 Å². The lowest BCUT2D eigenvalue weighted by atomic mass is 9.94. The first-order chi connectivity index (χ1) is 14.3.